The number of carbonyl (C=O) groups is 2. The minimum atomic E-state index is -0.978. The first-order valence-electron chi connectivity index (χ1n) is 10.3. The Labute approximate surface area is 178 Å². The van der Waals surface area contributed by atoms with Crippen molar-refractivity contribution in [1.82, 2.24) is 4.90 Å². The summed E-state index contributed by atoms with van der Waals surface area (Å²) in [6, 6.07) is 7.61. The minimum absolute atomic E-state index is 0.372. The molecule has 0 heterocycles. The Balaban J connectivity index is 2.00. The highest BCUT2D eigenvalue weighted by atomic mass is 16.5. The molecule has 2 rings (SSSR count). The Morgan fingerprint density at radius 3 is 2.57 bits per heavy atom. The smallest absolute Gasteiger partial charge is 0.331 e. The zero-order valence-corrected chi connectivity index (χ0v) is 18.1. The summed E-state index contributed by atoms with van der Waals surface area (Å²) in [6.07, 6.45) is 6.05. The van der Waals surface area contributed by atoms with Crippen LogP contribution < -0.4 is 9.47 Å². The maximum absolute atomic E-state index is 12.7. The SMILES string of the molecule is CCOc1ccc(/C=C/C(=O)O[C@H](C)C(=O)N(C)C2(C#N)CCCCC2)cc1OC. The lowest BCUT2D eigenvalue weighted by atomic mass is 9.81. The van der Waals surface area contributed by atoms with Gasteiger partial charge in [0.05, 0.1) is 19.8 Å². The number of benzene rings is 1. The van der Waals surface area contributed by atoms with Crippen molar-refractivity contribution in [3.05, 3.63) is 29.8 Å². The van der Waals surface area contributed by atoms with Crippen molar-refractivity contribution in [1.29, 1.82) is 5.26 Å². The van der Waals surface area contributed by atoms with Gasteiger partial charge in [-0.1, -0.05) is 25.3 Å². The lowest BCUT2D eigenvalue weighted by Crippen LogP contribution is -2.53. The van der Waals surface area contributed by atoms with Gasteiger partial charge < -0.3 is 19.1 Å². The van der Waals surface area contributed by atoms with Gasteiger partial charge in [-0.2, -0.15) is 5.26 Å². The van der Waals surface area contributed by atoms with Crippen LogP contribution in [0, 0.1) is 11.3 Å². The average molecular weight is 415 g/mol. The number of amides is 1. The zero-order chi connectivity index (χ0) is 22.1. The third-order valence-electron chi connectivity index (χ3n) is 5.40. The van der Waals surface area contributed by atoms with Crippen molar-refractivity contribution in [3.8, 4) is 17.6 Å². The van der Waals surface area contributed by atoms with Crippen LogP contribution in [-0.4, -0.2) is 49.2 Å². The van der Waals surface area contributed by atoms with Crippen molar-refractivity contribution >= 4 is 18.0 Å². The number of likely N-dealkylation sites (N-methyl/N-ethyl adjacent to an activating group) is 1. The largest absolute Gasteiger partial charge is 0.493 e. The molecule has 0 N–H and O–H groups in total. The normalized spacial score (nSPS) is 16.4. The minimum Gasteiger partial charge on any atom is -0.493 e. The summed E-state index contributed by atoms with van der Waals surface area (Å²) in [5.41, 5.74) is -0.0842. The molecule has 7 heteroatoms. The molecule has 1 atom stereocenters. The molecule has 1 saturated carbocycles. The van der Waals surface area contributed by atoms with Crippen molar-refractivity contribution in [2.45, 2.75) is 57.6 Å². The molecule has 1 aromatic carbocycles. The van der Waals surface area contributed by atoms with Gasteiger partial charge in [0.25, 0.3) is 5.91 Å². The summed E-state index contributed by atoms with van der Waals surface area (Å²) < 4.78 is 16.0. The Hall–Kier alpha value is -3.01. The number of esters is 1. The van der Waals surface area contributed by atoms with Crippen LogP contribution >= 0.6 is 0 Å². The summed E-state index contributed by atoms with van der Waals surface area (Å²) in [4.78, 5) is 26.4. The Morgan fingerprint density at radius 2 is 1.97 bits per heavy atom. The molecular formula is C23H30N2O5. The lowest BCUT2D eigenvalue weighted by Gasteiger charge is -2.39. The molecule has 30 heavy (non-hydrogen) atoms. The van der Waals surface area contributed by atoms with E-state index >= 15 is 0 Å². The Morgan fingerprint density at radius 1 is 1.27 bits per heavy atom. The van der Waals surface area contributed by atoms with E-state index in [1.54, 1.807) is 38.4 Å². The molecule has 7 nitrogen and oxygen atoms in total. The highest BCUT2D eigenvalue weighted by Gasteiger charge is 2.40. The van der Waals surface area contributed by atoms with Crippen LogP contribution in [0.4, 0.5) is 0 Å². The molecule has 0 saturated heterocycles. The van der Waals surface area contributed by atoms with E-state index in [1.165, 1.54) is 17.9 Å². The van der Waals surface area contributed by atoms with Crippen LogP contribution in [0.1, 0.15) is 51.5 Å². The third kappa shape index (κ3) is 5.53. The molecule has 1 fully saturated rings. The van der Waals surface area contributed by atoms with Gasteiger partial charge in [-0.25, -0.2) is 4.79 Å². The van der Waals surface area contributed by atoms with Crippen molar-refractivity contribution in [2.75, 3.05) is 20.8 Å². The van der Waals surface area contributed by atoms with E-state index in [0.717, 1.165) is 24.8 Å². The van der Waals surface area contributed by atoms with E-state index in [0.29, 0.717) is 30.9 Å². The summed E-state index contributed by atoms with van der Waals surface area (Å²) in [7, 11) is 3.16. The molecule has 0 unspecified atom stereocenters. The first kappa shape index (κ1) is 23.3. The lowest BCUT2D eigenvalue weighted by molar-refractivity contribution is -0.157. The number of nitrogens with zero attached hydrogens (tertiary/aromatic N) is 2. The van der Waals surface area contributed by atoms with E-state index in [4.69, 9.17) is 14.2 Å². The quantitative estimate of drug-likeness (QED) is 0.476. The van der Waals surface area contributed by atoms with Crippen LogP contribution in [0.2, 0.25) is 0 Å². The first-order chi connectivity index (χ1) is 14.4. The predicted octanol–water partition coefficient (Wildman–Crippen LogP) is 3.72. The maximum Gasteiger partial charge on any atom is 0.331 e. The number of rotatable bonds is 8. The van der Waals surface area contributed by atoms with Crippen molar-refractivity contribution in [3.63, 3.8) is 0 Å². The van der Waals surface area contributed by atoms with Gasteiger partial charge in [0.15, 0.2) is 17.6 Å². The monoisotopic (exact) mass is 414 g/mol. The van der Waals surface area contributed by atoms with Gasteiger partial charge in [-0.15, -0.1) is 0 Å². The predicted molar refractivity (Wildman–Crippen MR) is 113 cm³/mol. The number of ether oxygens (including phenoxy) is 3. The molecule has 0 bridgehead atoms. The van der Waals surface area contributed by atoms with Crippen LogP contribution in [0.5, 0.6) is 11.5 Å². The highest BCUT2D eigenvalue weighted by molar-refractivity contribution is 5.90. The number of carbonyl (C=O) groups excluding carboxylic acids is 2. The summed E-state index contributed by atoms with van der Waals surface area (Å²) in [5.74, 6) is 0.178. The second-order valence-electron chi connectivity index (χ2n) is 7.36. The van der Waals surface area contributed by atoms with E-state index in [2.05, 4.69) is 6.07 Å². The molecule has 0 aromatic heterocycles. The van der Waals surface area contributed by atoms with Crippen LogP contribution in [0.15, 0.2) is 24.3 Å². The van der Waals surface area contributed by atoms with E-state index < -0.39 is 17.6 Å². The fraction of sp³-hybridized carbons (Fsp3) is 0.522. The second-order valence-corrected chi connectivity index (χ2v) is 7.36. The molecule has 0 aliphatic heterocycles. The van der Waals surface area contributed by atoms with Crippen LogP contribution in [0.25, 0.3) is 6.08 Å². The molecular weight excluding hydrogens is 384 g/mol. The summed E-state index contributed by atoms with van der Waals surface area (Å²) in [6.45, 7) is 3.93. The van der Waals surface area contributed by atoms with Gasteiger partial charge >= 0.3 is 5.97 Å². The fourth-order valence-corrected chi connectivity index (χ4v) is 3.63. The molecule has 162 valence electrons. The average Bonchev–Trinajstić information content (AvgIpc) is 2.77. The Bertz CT molecular complexity index is 821. The van der Waals surface area contributed by atoms with Gasteiger partial charge in [0, 0.05) is 13.1 Å². The van der Waals surface area contributed by atoms with E-state index in [-0.39, 0.29) is 5.91 Å². The number of hydrogen-bond acceptors (Lipinski definition) is 6. The van der Waals surface area contributed by atoms with Gasteiger partial charge in [0.2, 0.25) is 0 Å². The maximum atomic E-state index is 12.7. The van der Waals surface area contributed by atoms with Crippen LogP contribution in [0.3, 0.4) is 0 Å². The molecule has 1 aliphatic carbocycles. The Kier molecular flexibility index (Phi) is 8.28. The molecule has 1 amide bonds. The van der Waals surface area contributed by atoms with Crippen molar-refractivity contribution in [2.24, 2.45) is 0 Å². The van der Waals surface area contributed by atoms with E-state index in [9.17, 15) is 14.9 Å². The molecule has 0 radical (unpaired) electrons. The van der Waals surface area contributed by atoms with Gasteiger partial charge in [0.1, 0.15) is 5.54 Å². The van der Waals surface area contributed by atoms with Gasteiger partial charge in [-0.3, -0.25) is 4.79 Å². The van der Waals surface area contributed by atoms with Gasteiger partial charge in [-0.05, 0) is 50.5 Å². The fourth-order valence-electron chi connectivity index (χ4n) is 3.63. The first-order valence-corrected chi connectivity index (χ1v) is 10.3. The summed E-state index contributed by atoms with van der Waals surface area (Å²) >= 11 is 0. The van der Waals surface area contributed by atoms with Crippen LogP contribution in [-0.2, 0) is 14.3 Å². The number of nitriles is 1. The van der Waals surface area contributed by atoms with Crippen molar-refractivity contribution < 1.29 is 23.8 Å². The topological polar surface area (TPSA) is 88.9 Å². The van der Waals surface area contributed by atoms with E-state index in [1.807, 2.05) is 6.92 Å². The molecule has 0 spiro atoms. The third-order valence-corrected chi connectivity index (χ3v) is 5.40. The standard InChI is InChI=1S/C23H30N2O5/c1-5-29-19-11-9-18(15-20(19)28-4)10-12-21(26)30-17(2)22(27)25(3)23(16-24)13-7-6-8-14-23/h9-12,15,17H,5-8,13-14H2,1-4H3/b12-10+/t17-/m1/s1. The highest BCUT2D eigenvalue weighted by Crippen LogP contribution is 2.33. The molecule has 1 aromatic rings. The molecule has 1 aliphatic rings. The second kappa shape index (κ2) is 10.7. The number of hydrogen-bond donors (Lipinski definition) is 0. The zero-order valence-electron chi connectivity index (χ0n) is 18.1. The summed E-state index contributed by atoms with van der Waals surface area (Å²) in [5, 5.41) is 9.65. The number of methoxy groups -OCH3 is 1.